The average molecular weight is 389 g/mol. The highest BCUT2D eigenvalue weighted by Gasteiger charge is 2.10. The predicted octanol–water partition coefficient (Wildman–Crippen LogP) is 6.76. The molecule has 2 nitrogen and oxygen atoms in total. The number of nitrogens with zero attached hydrogens (tertiary/aromatic N) is 2. The second kappa shape index (κ2) is 8.38. The maximum atomic E-state index is 6.29. The Morgan fingerprint density at radius 1 is 0.667 bits per heavy atom. The van der Waals surface area contributed by atoms with E-state index < -0.39 is 0 Å². The molecule has 0 spiro atoms. The van der Waals surface area contributed by atoms with Crippen LogP contribution >= 0.6 is 23.4 Å². The molecule has 0 radical (unpaired) electrons. The number of hydrogen-bond donors (Lipinski definition) is 0. The lowest BCUT2D eigenvalue weighted by Gasteiger charge is -2.09. The first-order valence-corrected chi connectivity index (χ1v) is 10.0. The maximum Gasteiger partial charge on any atom is 0.189 e. The Labute approximate surface area is 168 Å². The number of thioether (sulfide) groups is 1. The molecular weight excluding hydrogens is 372 g/mol. The molecule has 27 heavy (non-hydrogen) atoms. The molecule has 0 N–H and O–H groups in total. The molecule has 0 aliphatic carbocycles. The summed E-state index contributed by atoms with van der Waals surface area (Å²) >= 11 is 7.89. The number of rotatable bonds is 5. The Hall–Kier alpha value is -2.62. The van der Waals surface area contributed by atoms with Gasteiger partial charge in [-0.15, -0.1) is 0 Å². The third-order valence-electron chi connectivity index (χ3n) is 4.16. The van der Waals surface area contributed by atoms with Crippen molar-refractivity contribution in [3.63, 3.8) is 0 Å². The summed E-state index contributed by atoms with van der Waals surface area (Å²) in [5.74, 6) is 0.728. The highest BCUT2D eigenvalue weighted by Crippen LogP contribution is 2.29. The van der Waals surface area contributed by atoms with Crippen molar-refractivity contribution < 1.29 is 0 Å². The van der Waals surface area contributed by atoms with Crippen LogP contribution in [0.1, 0.15) is 5.56 Å². The van der Waals surface area contributed by atoms with E-state index in [1.165, 1.54) is 0 Å². The van der Waals surface area contributed by atoms with Gasteiger partial charge in [0.2, 0.25) is 0 Å². The van der Waals surface area contributed by atoms with Crippen LogP contribution in [0.5, 0.6) is 0 Å². The van der Waals surface area contributed by atoms with Crippen LogP contribution in [-0.4, -0.2) is 9.97 Å². The van der Waals surface area contributed by atoms with E-state index in [0.29, 0.717) is 0 Å². The predicted molar refractivity (Wildman–Crippen MR) is 114 cm³/mol. The van der Waals surface area contributed by atoms with Crippen LogP contribution in [0.3, 0.4) is 0 Å². The molecule has 0 amide bonds. The summed E-state index contributed by atoms with van der Waals surface area (Å²) < 4.78 is 0. The Balaban J connectivity index is 1.71. The standard InChI is InChI=1S/C23H17ClN2S/c24-20-14-8-7-13-19(20)16-27-23-25-21(17-9-3-1-4-10-17)15-22(26-23)18-11-5-2-6-12-18/h1-15H,16H2. The number of aromatic nitrogens is 2. The van der Waals surface area contributed by atoms with E-state index in [1.54, 1.807) is 11.8 Å². The van der Waals surface area contributed by atoms with E-state index in [0.717, 1.165) is 44.0 Å². The summed E-state index contributed by atoms with van der Waals surface area (Å²) in [4.78, 5) is 9.57. The van der Waals surface area contributed by atoms with Gasteiger partial charge < -0.3 is 0 Å². The number of hydrogen-bond acceptors (Lipinski definition) is 3. The SMILES string of the molecule is Clc1ccccc1CSc1nc(-c2ccccc2)cc(-c2ccccc2)n1. The third-order valence-corrected chi connectivity index (χ3v) is 5.42. The molecule has 0 aliphatic heterocycles. The average Bonchev–Trinajstić information content (AvgIpc) is 2.74. The molecular formula is C23H17ClN2S. The lowest BCUT2D eigenvalue weighted by atomic mass is 10.1. The van der Waals surface area contributed by atoms with Gasteiger partial charge >= 0.3 is 0 Å². The summed E-state index contributed by atoms with van der Waals surface area (Å²) in [5, 5.41) is 1.52. The van der Waals surface area contributed by atoms with Crippen molar-refractivity contribution in [2.45, 2.75) is 10.9 Å². The molecule has 0 aliphatic rings. The molecule has 0 saturated heterocycles. The Bertz CT molecular complexity index is 979. The molecule has 4 rings (SSSR count). The molecule has 1 aromatic heterocycles. The van der Waals surface area contributed by atoms with Gasteiger partial charge in [-0.2, -0.15) is 0 Å². The summed E-state index contributed by atoms with van der Waals surface area (Å²) in [7, 11) is 0. The summed E-state index contributed by atoms with van der Waals surface area (Å²) in [5.41, 5.74) is 5.09. The van der Waals surface area contributed by atoms with Gasteiger partial charge in [0.25, 0.3) is 0 Å². The minimum absolute atomic E-state index is 0.728. The van der Waals surface area contributed by atoms with Gasteiger partial charge in [0, 0.05) is 21.9 Å². The summed E-state index contributed by atoms with van der Waals surface area (Å²) in [6.07, 6.45) is 0. The van der Waals surface area contributed by atoms with Crippen LogP contribution in [0.15, 0.2) is 96.2 Å². The molecule has 4 heteroatoms. The van der Waals surface area contributed by atoms with Gasteiger partial charge in [0.1, 0.15) is 0 Å². The largest absolute Gasteiger partial charge is 0.222 e. The molecule has 3 aromatic carbocycles. The first-order chi connectivity index (χ1) is 13.3. The van der Waals surface area contributed by atoms with Gasteiger partial charge in [0.05, 0.1) is 11.4 Å². The van der Waals surface area contributed by atoms with Crippen molar-refractivity contribution in [1.82, 2.24) is 9.97 Å². The minimum Gasteiger partial charge on any atom is -0.222 e. The van der Waals surface area contributed by atoms with Gasteiger partial charge in [0.15, 0.2) is 5.16 Å². The fourth-order valence-corrected chi connectivity index (χ4v) is 3.90. The van der Waals surface area contributed by atoms with Gasteiger partial charge in [-0.25, -0.2) is 9.97 Å². The highest BCUT2D eigenvalue weighted by molar-refractivity contribution is 7.98. The summed E-state index contributed by atoms with van der Waals surface area (Å²) in [6.45, 7) is 0. The quantitative estimate of drug-likeness (QED) is 0.279. The van der Waals surface area contributed by atoms with Crippen molar-refractivity contribution in [2.24, 2.45) is 0 Å². The fraction of sp³-hybridized carbons (Fsp3) is 0.0435. The van der Waals surface area contributed by atoms with Gasteiger partial charge in [-0.1, -0.05) is 102 Å². The number of halogens is 1. The zero-order valence-corrected chi connectivity index (χ0v) is 16.1. The van der Waals surface area contributed by atoms with Crippen LogP contribution < -0.4 is 0 Å². The van der Waals surface area contributed by atoms with Crippen LogP contribution in [0, 0.1) is 0 Å². The Morgan fingerprint density at radius 3 is 1.74 bits per heavy atom. The van der Waals surface area contributed by atoms with Crippen molar-refractivity contribution >= 4 is 23.4 Å². The van der Waals surface area contributed by atoms with Crippen molar-refractivity contribution in [3.05, 3.63) is 102 Å². The van der Waals surface area contributed by atoms with Crippen LogP contribution in [0.2, 0.25) is 5.02 Å². The third kappa shape index (κ3) is 4.38. The van der Waals surface area contributed by atoms with Crippen LogP contribution in [0.25, 0.3) is 22.5 Å². The van der Waals surface area contributed by atoms with Crippen LogP contribution in [0.4, 0.5) is 0 Å². The van der Waals surface area contributed by atoms with E-state index >= 15 is 0 Å². The normalized spacial score (nSPS) is 10.7. The molecule has 132 valence electrons. The second-order valence-electron chi connectivity index (χ2n) is 6.03. The molecule has 0 fully saturated rings. The maximum absolute atomic E-state index is 6.29. The van der Waals surface area contributed by atoms with Crippen molar-refractivity contribution in [1.29, 1.82) is 0 Å². The zero-order chi connectivity index (χ0) is 18.5. The number of benzene rings is 3. The molecule has 0 saturated carbocycles. The zero-order valence-electron chi connectivity index (χ0n) is 14.5. The van der Waals surface area contributed by atoms with Crippen LogP contribution in [-0.2, 0) is 5.75 Å². The van der Waals surface area contributed by atoms with Gasteiger partial charge in [-0.3, -0.25) is 0 Å². The second-order valence-corrected chi connectivity index (χ2v) is 7.38. The highest BCUT2D eigenvalue weighted by atomic mass is 35.5. The molecule has 0 unspecified atom stereocenters. The monoisotopic (exact) mass is 388 g/mol. The van der Waals surface area contributed by atoms with E-state index in [1.807, 2.05) is 66.7 Å². The van der Waals surface area contributed by atoms with Crippen molar-refractivity contribution in [2.75, 3.05) is 0 Å². The Morgan fingerprint density at radius 2 is 1.19 bits per heavy atom. The van der Waals surface area contributed by atoms with E-state index in [-0.39, 0.29) is 0 Å². The van der Waals surface area contributed by atoms with E-state index in [2.05, 4.69) is 24.3 Å². The fourth-order valence-electron chi connectivity index (χ4n) is 2.76. The first-order valence-electron chi connectivity index (χ1n) is 8.66. The van der Waals surface area contributed by atoms with Gasteiger partial charge in [-0.05, 0) is 17.7 Å². The lowest BCUT2D eigenvalue weighted by molar-refractivity contribution is 0.978. The lowest BCUT2D eigenvalue weighted by Crippen LogP contribution is -1.95. The molecule has 1 heterocycles. The molecule has 0 bridgehead atoms. The van der Waals surface area contributed by atoms with E-state index in [4.69, 9.17) is 21.6 Å². The Kier molecular flexibility index (Phi) is 5.52. The smallest absolute Gasteiger partial charge is 0.189 e. The first kappa shape index (κ1) is 17.8. The van der Waals surface area contributed by atoms with Crippen molar-refractivity contribution in [3.8, 4) is 22.5 Å². The van der Waals surface area contributed by atoms with E-state index in [9.17, 15) is 0 Å². The summed E-state index contributed by atoms with van der Waals surface area (Å²) in [6, 6.07) is 30.3. The molecule has 0 atom stereocenters. The molecule has 4 aromatic rings. The minimum atomic E-state index is 0.728. The topological polar surface area (TPSA) is 25.8 Å².